The van der Waals surface area contributed by atoms with Gasteiger partial charge in [0.25, 0.3) is 0 Å². The molecule has 5 nitrogen and oxygen atoms in total. The van der Waals surface area contributed by atoms with Crippen LogP contribution in [0.3, 0.4) is 0 Å². The first-order chi connectivity index (χ1) is 9.29. The predicted octanol–water partition coefficient (Wildman–Crippen LogP) is 0.589. The minimum absolute atomic E-state index is 0. The first-order valence-corrected chi connectivity index (χ1v) is 7.49. The number of hydrogen-bond acceptors (Lipinski definition) is 4. The Morgan fingerprint density at radius 1 is 1.35 bits per heavy atom. The number of nitrogens with zero attached hydrogens (tertiary/aromatic N) is 2. The predicted molar refractivity (Wildman–Crippen MR) is 82.4 cm³/mol. The second-order valence-corrected chi connectivity index (χ2v) is 5.67. The summed E-state index contributed by atoms with van der Waals surface area (Å²) in [5, 5.41) is 3.45. The van der Waals surface area contributed by atoms with Crippen LogP contribution in [0, 0.1) is 5.92 Å². The lowest BCUT2D eigenvalue weighted by atomic mass is 9.99. The first-order valence-electron chi connectivity index (χ1n) is 7.49. The van der Waals surface area contributed by atoms with E-state index >= 15 is 0 Å². The van der Waals surface area contributed by atoms with Crippen LogP contribution in [0.4, 0.5) is 0 Å². The zero-order valence-corrected chi connectivity index (χ0v) is 13.3. The quantitative estimate of drug-likeness (QED) is 0.807. The number of rotatable bonds is 5. The Hall–Kier alpha value is -0.360. The van der Waals surface area contributed by atoms with E-state index in [1.807, 2.05) is 4.90 Å². The number of ether oxygens (including phenoxy) is 1. The largest absolute Gasteiger partial charge is 0.383 e. The van der Waals surface area contributed by atoms with Gasteiger partial charge in [-0.25, -0.2) is 0 Å². The molecule has 0 bridgehead atoms. The summed E-state index contributed by atoms with van der Waals surface area (Å²) in [5.74, 6) is 0.977. The number of halogens is 1. The van der Waals surface area contributed by atoms with E-state index in [4.69, 9.17) is 4.74 Å². The Labute approximate surface area is 128 Å². The van der Waals surface area contributed by atoms with Crippen LogP contribution >= 0.6 is 12.4 Å². The van der Waals surface area contributed by atoms with Crippen molar-refractivity contribution >= 4 is 18.3 Å². The number of nitrogens with one attached hydrogen (secondary N) is 1. The smallest absolute Gasteiger partial charge is 0.236 e. The van der Waals surface area contributed by atoms with E-state index in [2.05, 4.69) is 10.2 Å². The van der Waals surface area contributed by atoms with E-state index in [0.717, 1.165) is 45.7 Å². The summed E-state index contributed by atoms with van der Waals surface area (Å²) >= 11 is 0. The number of amides is 1. The third-order valence-electron chi connectivity index (χ3n) is 4.09. The van der Waals surface area contributed by atoms with Crippen LogP contribution in [0.15, 0.2) is 0 Å². The van der Waals surface area contributed by atoms with Gasteiger partial charge < -0.3 is 15.0 Å². The van der Waals surface area contributed by atoms with E-state index in [-0.39, 0.29) is 18.3 Å². The Bertz CT molecular complexity index is 286. The van der Waals surface area contributed by atoms with Gasteiger partial charge in [-0.2, -0.15) is 0 Å². The average molecular weight is 306 g/mol. The van der Waals surface area contributed by atoms with Gasteiger partial charge in [0, 0.05) is 33.3 Å². The third-order valence-corrected chi connectivity index (χ3v) is 4.09. The fraction of sp³-hybridized carbons (Fsp3) is 0.929. The molecule has 118 valence electrons. The molecule has 0 aromatic heterocycles. The minimum Gasteiger partial charge on any atom is -0.383 e. The number of methoxy groups -OCH3 is 1. The molecule has 1 amide bonds. The molecule has 2 aliphatic rings. The summed E-state index contributed by atoms with van der Waals surface area (Å²) in [6.07, 6.45) is 3.65. The van der Waals surface area contributed by atoms with Crippen molar-refractivity contribution in [2.75, 3.05) is 59.5 Å². The molecule has 0 aromatic carbocycles. The highest BCUT2D eigenvalue weighted by molar-refractivity contribution is 5.85. The van der Waals surface area contributed by atoms with Gasteiger partial charge in [-0.05, 0) is 38.3 Å². The number of hydrogen-bond donors (Lipinski definition) is 1. The van der Waals surface area contributed by atoms with Crippen molar-refractivity contribution in [3.05, 3.63) is 0 Å². The molecule has 2 aliphatic heterocycles. The normalized spacial score (nSPS) is 25.1. The van der Waals surface area contributed by atoms with Gasteiger partial charge in [0.05, 0.1) is 13.2 Å². The number of carbonyl (C=O) groups is 1. The highest BCUT2D eigenvalue weighted by atomic mass is 35.5. The van der Waals surface area contributed by atoms with Gasteiger partial charge in [0.2, 0.25) is 5.91 Å². The van der Waals surface area contributed by atoms with Crippen molar-refractivity contribution in [3.8, 4) is 0 Å². The lowest BCUT2D eigenvalue weighted by Crippen LogP contribution is -2.42. The van der Waals surface area contributed by atoms with Crippen LogP contribution in [0.2, 0.25) is 0 Å². The van der Waals surface area contributed by atoms with E-state index in [9.17, 15) is 4.79 Å². The molecule has 2 heterocycles. The molecule has 0 aromatic rings. The standard InChI is InChI=1S/C14H27N3O2.ClH/c1-19-9-8-17-7-3-6-16(12-14(17)18)11-13-4-2-5-15-10-13;/h13,15H,2-12H2,1H3;1H. The van der Waals surface area contributed by atoms with Crippen molar-refractivity contribution in [1.82, 2.24) is 15.1 Å². The van der Waals surface area contributed by atoms with Gasteiger partial charge in [-0.3, -0.25) is 9.69 Å². The SMILES string of the molecule is COCCN1CCCN(CC2CCCNC2)CC1=O.Cl. The molecule has 2 fully saturated rings. The van der Waals surface area contributed by atoms with Crippen molar-refractivity contribution in [3.63, 3.8) is 0 Å². The fourth-order valence-corrected chi connectivity index (χ4v) is 3.02. The van der Waals surface area contributed by atoms with Crippen molar-refractivity contribution in [1.29, 1.82) is 0 Å². The lowest BCUT2D eigenvalue weighted by Gasteiger charge is -2.28. The van der Waals surface area contributed by atoms with Crippen LogP contribution in [-0.2, 0) is 9.53 Å². The van der Waals surface area contributed by atoms with Crippen LogP contribution in [0.1, 0.15) is 19.3 Å². The van der Waals surface area contributed by atoms with Gasteiger partial charge >= 0.3 is 0 Å². The Balaban J connectivity index is 0.00000200. The molecule has 2 saturated heterocycles. The van der Waals surface area contributed by atoms with Crippen LogP contribution in [-0.4, -0.2) is 75.2 Å². The third kappa shape index (κ3) is 5.56. The molecule has 1 atom stereocenters. The van der Waals surface area contributed by atoms with Crippen molar-refractivity contribution in [2.24, 2.45) is 5.92 Å². The molecule has 2 rings (SSSR count). The Morgan fingerprint density at radius 3 is 2.90 bits per heavy atom. The molecule has 1 unspecified atom stereocenters. The zero-order chi connectivity index (χ0) is 13.5. The number of piperidine rings is 1. The molecule has 0 aliphatic carbocycles. The Morgan fingerprint density at radius 2 is 2.20 bits per heavy atom. The first kappa shape index (κ1) is 17.7. The molecule has 1 N–H and O–H groups in total. The van der Waals surface area contributed by atoms with Crippen LogP contribution in [0.25, 0.3) is 0 Å². The average Bonchev–Trinajstić information content (AvgIpc) is 2.59. The van der Waals surface area contributed by atoms with E-state index in [1.54, 1.807) is 7.11 Å². The second-order valence-electron chi connectivity index (χ2n) is 5.67. The van der Waals surface area contributed by atoms with E-state index in [0.29, 0.717) is 19.1 Å². The van der Waals surface area contributed by atoms with Gasteiger partial charge in [0.1, 0.15) is 0 Å². The summed E-state index contributed by atoms with van der Waals surface area (Å²) in [5.41, 5.74) is 0. The molecule has 20 heavy (non-hydrogen) atoms. The van der Waals surface area contributed by atoms with Crippen LogP contribution in [0.5, 0.6) is 0 Å². The summed E-state index contributed by atoms with van der Waals surface area (Å²) in [4.78, 5) is 16.5. The topological polar surface area (TPSA) is 44.8 Å². The zero-order valence-electron chi connectivity index (χ0n) is 12.5. The molecule has 0 radical (unpaired) electrons. The molecule has 0 saturated carbocycles. The van der Waals surface area contributed by atoms with Gasteiger partial charge in [-0.15, -0.1) is 12.4 Å². The molecular formula is C14H28ClN3O2. The summed E-state index contributed by atoms with van der Waals surface area (Å²) in [7, 11) is 1.69. The van der Waals surface area contributed by atoms with Gasteiger partial charge in [0.15, 0.2) is 0 Å². The monoisotopic (exact) mass is 305 g/mol. The molecule has 0 spiro atoms. The number of carbonyl (C=O) groups excluding carboxylic acids is 1. The summed E-state index contributed by atoms with van der Waals surface area (Å²) in [6, 6.07) is 0. The molecule has 6 heteroatoms. The summed E-state index contributed by atoms with van der Waals surface area (Å²) in [6.45, 7) is 7.20. The van der Waals surface area contributed by atoms with Crippen LogP contribution < -0.4 is 5.32 Å². The van der Waals surface area contributed by atoms with E-state index in [1.165, 1.54) is 12.8 Å². The minimum atomic E-state index is 0. The molecular weight excluding hydrogens is 278 g/mol. The summed E-state index contributed by atoms with van der Waals surface area (Å²) < 4.78 is 5.07. The maximum absolute atomic E-state index is 12.2. The highest BCUT2D eigenvalue weighted by Gasteiger charge is 2.24. The second kappa shape index (κ2) is 9.55. The highest BCUT2D eigenvalue weighted by Crippen LogP contribution is 2.13. The van der Waals surface area contributed by atoms with Crippen molar-refractivity contribution < 1.29 is 9.53 Å². The van der Waals surface area contributed by atoms with E-state index < -0.39 is 0 Å². The fourth-order valence-electron chi connectivity index (χ4n) is 3.02. The maximum Gasteiger partial charge on any atom is 0.236 e. The van der Waals surface area contributed by atoms with Gasteiger partial charge in [-0.1, -0.05) is 0 Å². The van der Waals surface area contributed by atoms with Crippen molar-refractivity contribution in [2.45, 2.75) is 19.3 Å². The Kier molecular flexibility index (Phi) is 8.45. The lowest BCUT2D eigenvalue weighted by molar-refractivity contribution is -0.131. The maximum atomic E-state index is 12.2.